The van der Waals surface area contributed by atoms with Gasteiger partial charge in [-0.15, -0.1) is 0 Å². The van der Waals surface area contributed by atoms with Gasteiger partial charge < -0.3 is 4.74 Å². The highest BCUT2D eigenvalue weighted by atomic mass is 32.2. The van der Waals surface area contributed by atoms with E-state index in [0.29, 0.717) is 6.07 Å². The van der Waals surface area contributed by atoms with Crippen molar-refractivity contribution in [2.24, 2.45) is 0 Å². The van der Waals surface area contributed by atoms with E-state index in [9.17, 15) is 32.3 Å². The van der Waals surface area contributed by atoms with Crippen molar-refractivity contribution >= 4 is 34.2 Å². The molecule has 0 heterocycles. The molecule has 1 aromatic rings. The van der Waals surface area contributed by atoms with E-state index in [1.54, 1.807) is 13.8 Å². The maximum absolute atomic E-state index is 12.3. The molecule has 11 heteroatoms. The van der Waals surface area contributed by atoms with Crippen LogP contribution in [0, 0.1) is 10.1 Å². The Morgan fingerprint density at radius 1 is 1.43 bits per heavy atom. The summed E-state index contributed by atoms with van der Waals surface area (Å²) in [6.07, 6.45) is -0.444. The van der Waals surface area contributed by atoms with Gasteiger partial charge in [0.1, 0.15) is 10.6 Å². The van der Waals surface area contributed by atoms with E-state index in [-0.39, 0.29) is 4.90 Å². The van der Waals surface area contributed by atoms with Crippen molar-refractivity contribution in [3.8, 4) is 0 Å². The van der Waals surface area contributed by atoms with Crippen molar-refractivity contribution in [1.82, 2.24) is 0 Å². The second kappa shape index (κ2) is 7.77. The van der Waals surface area contributed by atoms with Crippen LogP contribution in [0.3, 0.4) is 0 Å². The third-order valence-electron chi connectivity index (χ3n) is 2.22. The zero-order chi connectivity index (χ0) is 17.8. The summed E-state index contributed by atoms with van der Waals surface area (Å²) in [5.41, 5.74) is -5.34. The number of benzene rings is 1. The summed E-state index contributed by atoms with van der Waals surface area (Å²) in [7, 11) is -2.10. The van der Waals surface area contributed by atoms with Crippen LogP contribution in [-0.4, -0.2) is 32.5 Å². The predicted molar refractivity (Wildman–Crippen MR) is 77.5 cm³/mol. The average Bonchev–Trinajstić information content (AvgIpc) is 2.35. The van der Waals surface area contributed by atoms with Gasteiger partial charge in [-0.2, -0.15) is 13.2 Å². The molecule has 0 aliphatic heterocycles. The first-order chi connectivity index (χ1) is 10.5. The number of ether oxygens (including phenoxy) is 1. The molecule has 1 aromatic carbocycles. The number of nitro groups is 1. The molecular weight excluding hydrogens is 359 g/mol. The Morgan fingerprint density at radius 3 is 2.52 bits per heavy atom. The molecule has 6 nitrogen and oxygen atoms in total. The van der Waals surface area contributed by atoms with Crippen molar-refractivity contribution in [2.45, 2.75) is 35.3 Å². The smallest absolute Gasteiger partial charge is 0.446 e. The Morgan fingerprint density at radius 2 is 2.04 bits per heavy atom. The minimum atomic E-state index is -4.60. The van der Waals surface area contributed by atoms with E-state index >= 15 is 0 Å². The van der Waals surface area contributed by atoms with Gasteiger partial charge in [0, 0.05) is 11.0 Å². The average molecular weight is 371 g/mol. The van der Waals surface area contributed by atoms with Crippen LogP contribution in [0.25, 0.3) is 0 Å². The first-order valence-electron chi connectivity index (χ1n) is 6.11. The van der Waals surface area contributed by atoms with Crippen LogP contribution in [0.15, 0.2) is 28.0 Å². The predicted octanol–water partition coefficient (Wildman–Crippen LogP) is 3.27. The van der Waals surface area contributed by atoms with Crippen LogP contribution in [-0.2, 0) is 20.3 Å². The van der Waals surface area contributed by atoms with Gasteiger partial charge in [-0.1, -0.05) is 0 Å². The number of carbonyl (C=O) groups is 1. The molecule has 1 atom stereocenters. The fraction of sp³-hybridized carbons (Fsp3) is 0.417. The quantitative estimate of drug-likeness (QED) is 0.330. The fourth-order valence-electron chi connectivity index (χ4n) is 1.51. The second-order valence-corrected chi connectivity index (χ2v) is 7.02. The molecule has 0 amide bonds. The summed E-state index contributed by atoms with van der Waals surface area (Å²) in [6.45, 7) is 3.15. The summed E-state index contributed by atoms with van der Waals surface area (Å²) in [5, 5.41) is 11.0. The first kappa shape index (κ1) is 19.4. The topological polar surface area (TPSA) is 86.5 Å². The summed E-state index contributed by atoms with van der Waals surface area (Å²) < 4.78 is 53.7. The molecule has 0 bridgehead atoms. The normalized spacial score (nSPS) is 13.0. The number of nitrogens with zero attached hydrogens (tertiary/aromatic N) is 1. The number of hydrogen-bond acceptors (Lipinski definition) is 6. The monoisotopic (exact) mass is 371 g/mol. The van der Waals surface area contributed by atoms with Gasteiger partial charge in [-0.3, -0.25) is 19.1 Å². The molecule has 0 fully saturated rings. The zero-order valence-electron chi connectivity index (χ0n) is 12.0. The fourth-order valence-corrected chi connectivity index (χ4v) is 3.11. The van der Waals surface area contributed by atoms with Gasteiger partial charge in [0.25, 0.3) is 5.69 Å². The van der Waals surface area contributed by atoms with E-state index in [1.807, 2.05) is 0 Å². The Balaban J connectivity index is 3.04. The summed E-state index contributed by atoms with van der Waals surface area (Å²) in [6, 6.07) is 2.59. The van der Waals surface area contributed by atoms with Crippen molar-refractivity contribution < 1.29 is 31.8 Å². The van der Waals surface area contributed by atoms with Crippen LogP contribution in [0.4, 0.5) is 18.9 Å². The number of thioether (sulfide) groups is 1. The molecule has 1 rings (SSSR count). The minimum absolute atomic E-state index is 0.331. The number of carbonyl (C=O) groups excluding carboxylic acids is 1. The molecular formula is C12H12F3NO5S2. The lowest BCUT2D eigenvalue weighted by molar-refractivity contribution is -0.388. The summed E-state index contributed by atoms with van der Waals surface area (Å²) in [5.74, 6) is -1.44. The highest BCUT2D eigenvalue weighted by Crippen LogP contribution is 2.39. The Kier molecular flexibility index (Phi) is 6.57. The minimum Gasteiger partial charge on any atom is -0.462 e. The van der Waals surface area contributed by atoms with E-state index in [0.717, 1.165) is 12.1 Å². The molecule has 0 N–H and O–H groups in total. The Bertz CT molecular complexity index is 634. The Hall–Kier alpha value is -1.62. The van der Waals surface area contributed by atoms with Crippen LogP contribution < -0.4 is 0 Å². The maximum Gasteiger partial charge on any atom is 0.446 e. The lowest BCUT2D eigenvalue weighted by atomic mass is 10.3. The largest absolute Gasteiger partial charge is 0.462 e. The third-order valence-corrected chi connectivity index (χ3v) is 4.28. The van der Waals surface area contributed by atoms with E-state index in [1.165, 1.54) is 0 Å². The number of nitro benzene ring substituents is 1. The molecule has 128 valence electrons. The van der Waals surface area contributed by atoms with Gasteiger partial charge in [0.15, 0.2) is 0 Å². The van der Waals surface area contributed by atoms with Gasteiger partial charge >= 0.3 is 11.5 Å². The molecule has 0 aliphatic carbocycles. The highest BCUT2D eigenvalue weighted by Gasteiger charge is 2.31. The van der Waals surface area contributed by atoms with Crippen LogP contribution in [0.2, 0.25) is 0 Å². The van der Waals surface area contributed by atoms with Crippen molar-refractivity contribution in [2.75, 3.05) is 5.75 Å². The zero-order valence-corrected chi connectivity index (χ0v) is 13.6. The third kappa shape index (κ3) is 6.57. The molecule has 0 saturated carbocycles. The molecule has 23 heavy (non-hydrogen) atoms. The SMILES string of the molecule is CC(C)OC(=O)CS(=O)c1ccc(SC(F)(F)F)cc1[N+](=O)[O-]. The van der Waals surface area contributed by atoms with E-state index in [2.05, 4.69) is 0 Å². The molecule has 0 aromatic heterocycles. The van der Waals surface area contributed by atoms with Crippen LogP contribution in [0.1, 0.15) is 13.8 Å². The number of alkyl halides is 3. The standard InChI is InChI=1S/C12H12F3NO5S2/c1-7(2)21-11(17)6-23(20)10-4-3-8(22-12(13,14)15)5-9(10)16(18)19/h3-5,7H,6H2,1-2H3. The maximum atomic E-state index is 12.3. The molecule has 0 saturated heterocycles. The highest BCUT2D eigenvalue weighted by molar-refractivity contribution is 8.00. The summed E-state index contributed by atoms with van der Waals surface area (Å²) in [4.78, 5) is 20.7. The molecule has 1 unspecified atom stereocenters. The lowest BCUT2D eigenvalue weighted by Gasteiger charge is -2.09. The number of esters is 1. The Labute approximate surface area is 136 Å². The number of hydrogen-bond donors (Lipinski definition) is 0. The van der Waals surface area contributed by atoms with Crippen molar-refractivity contribution in [3.05, 3.63) is 28.3 Å². The summed E-state index contributed by atoms with van der Waals surface area (Å²) >= 11 is -0.520. The number of rotatable bonds is 6. The van der Waals surface area contributed by atoms with E-state index < -0.39 is 61.4 Å². The number of halogens is 3. The molecule has 0 spiro atoms. The van der Waals surface area contributed by atoms with Gasteiger partial charge in [0.05, 0.1) is 21.8 Å². The van der Waals surface area contributed by atoms with Crippen LogP contribution in [0.5, 0.6) is 0 Å². The molecule has 0 radical (unpaired) electrons. The lowest BCUT2D eigenvalue weighted by Crippen LogP contribution is -2.18. The second-order valence-electron chi connectivity index (χ2n) is 4.46. The van der Waals surface area contributed by atoms with Gasteiger partial charge in [-0.25, -0.2) is 0 Å². The van der Waals surface area contributed by atoms with Gasteiger partial charge in [-0.05, 0) is 37.7 Å². The van der Waals surface area contributed by atoms with Gasteiger partial charge in [0.2, 0.25) is 0 Å². The van der Waals surface area contributed by atoms with E-state index in [4.69, 9.17) is 4.74 Å². The first-order valence-corrected chi connectivity index (χ1v) is 8.25. The van der Waals surface area contributed by atoms with Crippen LogP contribution >= 0.6 is 11.8 Å². The van der Waals surface area contributed by atoms with Crippen molar-refractivity contribution in [1.29, 1.82) is 0 Å². The molecule has 0 aliphatic rings. The van der Waals surface area contributed by atoms with Crippen molar-refractivity contribution in [3.63, 3.8) is 0 Å².